The van der Waals surface area contributed by atoms with Crippen molar-refractivity contribution in [2.75, 3.05) is 19.0 Å². The van der Waals surface area contributed by atoms with Gasteiger partial charge >= 0.3 is 6.09 Å². The van der Waals surface area contributed by atoms with Gasteiger partial charge < -0.3 is 39.6 Å². The maximum absolute atomic E-state index is 14.7. The van der Waals surface area contributed by atoms with Crippen molar-refractivity contribution in [2.45, 2.75) is 142 Å². The lowest BCUT2D eigenvalue weighted by Crippen LogP contribution is -2.50. The van der Waals surface area contributed by atoms with Crippen molar-refractivity contribution >= 4 is 57.4 Å². The number of methoxy groups -OCH3 is 1. The molecule has 2 aromatic rings. The summed E-state index contributed by atoms with van der Waals surface area (Å²) in [6.07, 6.45) is -0.145. The fraction of sp³-hybridized carbons (Fsp3) is 0.581. The molecule has 2 aromatic carbocycles. The molecular formula is C43H67N5O10Si2. The van der Waals surface area contributed by atoms with E-state index in [1.165, 1.54) is 31.1 Å². The number of hydrogen-bond donors (Lipinski definition) is 3. The fourth-order valence-corrected chi connectivity index (χ4v) is 13.8. The number of nitro benzene ring substituents is 1. The number of nitrogens with one attached hydrogen (secondary N) is 2. The number of nitrogens with two attached hydrogens (primary N) is 1. The molecule has 1 aliphatic heterocycles. The molecular weight excluding hydrogens is 803 g/mol. The highest BCUT2D eigenvalue weighted by molar-refractivity contribution is 6.78. The van der Waals surface area contributed by atoms with Crippen molar-refractivity contribution < 1.29 is 42.4 Å². The maximum Gasteiger partial charge on any atom is 0.405 e. The molecule has 332 valence electrons. The Hall–Kier alpha value is -4.75. The summed E-state index contributed by atoms with van der Waals surface area (Å²) >= 11 is 0. The van der Waals surface area contributed by atoms with Crippen LogP contribution in [0.5, 0.6) is 11.5 Å². The van der Waals surface area contributed by atoms with Gasteiger partial charge in [0.15, 0.2) is 25.9 Å². The number of ether oxygens (including phenoxy) is 2. The Morgan fingerprint density at radius 2 is 1.48 bits per heavy atom. The normalized spacial score (nSPS) is 15.8. The Kier molecular flexibility index (Phi) is 16.3. The SMILES string of the molecule is COc1cc(C(=O)N2C=C(c3ccc(NC(=O)C(C)NC(=O)C(OC(N)=O)C(C)C)cc3)C[C@H]2CO[Si](C)(C)C(C)(C)C)c([N+](=O)[O-])cc1O[Si](C(C)C)(C(C)C)C(C)C. The molecule has 1 aliphatic rings. The van der Waals surface area contributed by atoms with Crippen molar-refractivity contribution in [3.8, 4) is 11.5 Å². The molecule has 4 amide bonds. The van der Waals surface area contributed by atoms with Gasteiger partial charge in [0.25, 0.3) is 25.8 Å². The van der Waals surface area contributed by atoms with Crippen LogP contribution in [0.1, 0.15) is 105 Å². The zero-order chi connectivity index (χ0) is 45.7. The third-order valence-electron chi connectivity index (χ3n) is 11.9. The highest BCUT2D eigenvalue weighted by Gasteiger charge is 2.48. The first kappa shape index (κ1) is 49.6. The van der Waals surface area contributed by atoms with E-state index in [0.717, 1.165) is 11.1 Å². The summed E-state index contributed by atoms with van der Waals surface area (Å²) in [5.74, 6) is -1.62. The lowest BCUT2D eigenvalue weighted by atomic mass is 10.0. The number of amides is 4. The topological polar surface area (TPSA) is 202 Å². The van der Waals surface area contributed by atoms with Crippen molar-refractivity contribution in [3.63, 3.8) is 0 Å². The standard InChI is InChI=1S/C43H67N5O10Si2/c1-25(2)38(57-42(44)52)40(50)45-29(9)39(49)46-32-18-16-30(17-19-32)31-20-33(24-56-59(14,15)43(10,11)12)47(23-31)41(51)34-21-36(55-13)37(22-35(34)48(53)54)58-60(26(3)4,27(5)6)28(7)8/h16-19,21-23,25-29,33,38H,20,24H2,1-15H3,(H2,44,52)(H,45,50)(H,46,49)/t29?,33-,38?/m0/s1. The zero-order valence-corrected chi connectivity index (χ0v) is 40.1. The third kappa shape index (κ3) is 11.3. The van der Waals surface area contributed by atoms with Crippen LogP contribution in [0.3, 0.4) is 0 Å². The average molecular weight is 870 g/mol. The molecule has 3 atom stereocenters. The first-order chi connectivity index (χ1) is 27.7. The van der Waals surface area contributed by atoms with Gasteiger partial charge in [-0.25, -0.2) is 4.79 Å². The molecule has 0 bridgehead atoms. The highest BCUT2D eigenvalue weighted by atomic mass is 28.4. The zero-order valence-electron chi connectivity index (χ0n) is 38.1. The minimum atomic E-state index is -2.56. The van der Waals surface area contributed by atoms with Crippen LogP contribution in [0.2, 0.25) is 34.8 Å². The van der Waals surface area contributed by atoms with Gasteiger partial charge in [-0.1, -0.05) is 88.3 Å². The Bertz CT molecular complexity index is 1900. The molecule has 0 aromatic heterocycles. The minimum Gasteiger partial charge on any atom is -0.540 e. The molecule has 0 fully saturated rings. The van der Waals surface area contributed by atoms with Crippen LogP contribution >= 0.6 is 0 Å². The Labute approximate surface area is 357 Å². The van der Waals surface area contributed by atoms with Crippen LogP contribution in [-0.2, 0) is 18.8 Å². The number of benzene rings is 2. The minimum absolute atomic E-state index is 0.104. The molecule has 2 unspecified atom stereocenters. The summed E-state index contributed by atoms with van der Waals surface area (Å²) in [7, 11) is -3.38. The van der Waals surface area contributed by atoms with Crippen molar-refractivity contribution in [2.24, 2.45) is 11.7 Å². The predicted molar refractivity (Wildman–Crippen MR) is 239 cm³/mol. The summed E-state index contributed by atoms with van der Waals surface area (Å²) in [4.78, 5) is 65.4. The molecule has 0 saturated carbocycles. The largest absolute Gasteiger partial charge is 0.540 e. The molecule has 1 heterocycles. The van der Waals surface area contributed by atoms with E-state index in [1.54, 1.807) is 44.3 Å². The van der Waals surface area contributed by atoms with Crippen LogP contribution in [0.15, 0.2) is 42.6 Å². The number of hydrogen-bond acceptors (Lipinski definition) is 10. The molecule has 17 heteroatoms. The van der Waals surface area contributed by atoms with E-state index in [1.807, 2.05) is 0 Å². The van der Waals surface area contributed by atoms with Gasteiger partial charge in [-0.2, -0.15) is 0 Å². The lowest BCUT2D eigenvalue weighted by Gasteiger charge is -2.42. The summed E-state index contributed by atoms with van der Waals surface area (Å²) in [6, 6.07) is 8.29. The molecule has 15 nitrogen and oxygen atoms in total. The number of primary amides is 1. The second-order valence-corrected chi connectivity index (χ2v) is 28.6. The van der Waals surface area contributed by atoms with Gasteiger partial charge in [-0.3, -0.25) is 24.5 Å². The number of carbonyl (C=O) groups is 4. The molecule has 3 rings (SSSR count). The van der Waals surface area contributed by atoms with Crippen molar-refractivity contribution in [1.29, 1.82) is 0 Å². The average Bonchev–Trinajstić information content (AvgIpc) is 3.57. The van der Waals surface area contributed by atoms with E-state index < -0.39 is 63.6 Å². The summed E-state index contributed by atoms with van der Waals surface area (Å²) < 4.78 is 24.2. The smallest absolute Gasteiger partial charge is 0.405 e. The maximum atomic E-state index is 14.7. The second-order valence-electron chi connectivity index (χ2n) is 18.4. The predicted octanol–water partition coefficient (Wildman–Crippen LogP) is 9.00. The van der Waals surface area contributed by atoms with Crippen molar-refractivity contribution in [1.82, 2.24) is 10.2 Å². The molecule has 0 aliphatic carbocycles. The summed E-state index contributed by atoms with van der Waals surface area (Å²) in [5, 5.41) is 18.0. The van der Waals surface area contributed by atoms with Crippen LogP contribution in [0.25, 0.3) is 5.57 Å². The highest BCUT2D eigenvalue weighted by Crippen LogP contribution is 2.47. The van der Waals surface area contributed by atoms with E-state index in [0.29, 0.717) is 12.1 Å². The lowest BCUT2D eigenvalue weighted by molar-refractivity contribution is -0.385. The van der Waals surface area contributed by atoms with Gasteiger partial charge in [0.05, 0.1) is 30.7 Å². The van der Waals surface area contributed by atoms with E-state index >= 15 is 0 Å². The van der Waals surface area contributed by atoms with Gasteiger partial charge in [0.2, 0.25) is 5.91 Å². The quantitative estimate of drug-likeness (QED) is 0.0737. The van der Waals surface area contributed by atoms with Crippen LogP contribution < -0.4 is 25.5 Å². The van der Waals surface area contributed by atoms with E-state index in [2.05, 4.69) is 86.0 Å². The van der Waals surface area contributed by atoms with E-state index in [4.69, 9.17) is 24.1 Å². The molecule has 0 spiro atoms. The summed E-state index contributed by atoms with van der Waals surface area (Å²) in [6.45, 7) is 28.5. The van der Waals surface area contributed by atoms with Gasteiger partial charge in [0, 0.05) is 18.0 Å². The van der Waals surface area contributed by atoms with Gasteiger partial charge in [-0.15, -0.1) is 0 Å². The van der Waals surface area contributed by atoms with Gasteiger partial charge in [-0.05, 0) is 77.3 Å². The molecule has 4 N–H and O–H groups in total. The third-order valence-corrected chi connectivity index (χ3v) is 22.4. The number of nitro groups is 1. The van der Waals surface area contributed by atoms with Gasteiger partial charge in [0.1, 0.15) is 11.6 Å². The van der Waals surface area contributed by atoms with Crippen LogP contribution in [0, 0.1) is 16.0 Å². The first-order valence-electron chi connectivity index (χ1n) is 20.6. The number of anilines is 1. The fourth-order valence-electron chi connectivity index (χ4n) is 7.55. The Morgan fingerprint density at radius 3 is 1.95 bits per heavy atom. The van der Waals surface area contributed by atoms with E-state index in [-0.39, 0.29) is 56.9 Å². The first-order valence-corrected chi connectivity index (χ1v) is 25.6. The summed E-state index contributed by atoms with van der Waals surface area (Å²) in [5.41, 5.74) is 7.16. The van der Waals surface area contributed by atoms with Crippen LogP contribution in [0.4, 0.5) is 16.2 Å². The number of nitrogens with zero attached hydrogens (tertiary/aromatic N) is 2. The monoisotopic (exact) mass is 869 g/mol. The number of carbonyl (C=O) groups excluding carboxylic acids is 4. The molecule has 60 heavy (non-hydrogen) atoms. The second kappa shape index (κ2) is 19.8. The Morgan fingerprint density at radius 1 is 0.917 bits per heavy atom. The molecule has 0 radical (unpaired) electrons. The Balaban J connectivity index is 2.01. The van der Waals surface area contributed by atoms with E-state index in [9.17, 15) is 29.3 Å². The van der Waals surface area contributed by atoms with Crippen molar-refractivity contribution in [3.05, 3.63) is 63.8 Å². The van der Waals surface area contributed by atoms with Crippen LogP contribution in [-0.4, -0.2) is 82.2 Å². The molecule has 0 saturated heterocycles. The number of rotatable bonds is 18.